The molecule has 0 aromatic heterocycles. The van der Waals surface area contributed by atoms with E-state index >= 15 is 0 Å². The Morgan fingerprint density at radius 3 is 2.75 bits per heavy atom. The predicted molar refractivity (Wildman–Crippen MR) is 89.9 cm³/mol. The van der Waals surface area contributed by atoms with Crippen molar-refractivity contribution in [3.05, 3.63) is 46.3 Å². The Hall–Kier alpha value is -2.08. The molecule has 7 heteroatoms. The number of benzene rings is 1. The van der Waals surface area contributed by atoms with Crippen molar-refractivity contribution >= 4 is 5.91 Å². The van der Waals surface area contributed by atoms with Gasteiger partial charge in [-0.05, 0) is 17.5 Å². The van der Waals surface area contributed by atoms with Gasteiger partial charge in [-0.3, -0.25) is 4.79 Å². The summed E-state index contributed by atoms with van der Waals surface area (Å²) in [6.07, 6.45) is -0.197. The van der Waals surface area contributed by atoms with E-state index in [-0.39, 0.29) is 30.0 Å². The van der Waals surface area contributed by atoms with E-state index in [0.717, 1.165) is 5.56 Å². The van der Waals surface area contributed by atoms with Gasteiger partial charge in [0, 0.05) is 17.8 Å². The van der Waals surface area contributed by atoms with Gasteiger partial charge in [-0.25, -0.2) is 0 Å². The molecule has 1 saturated heterocycles. The predicted octanol–water partition coefficient (Wildman–Crippen LogP) is 3.16. The Morgan fingerprint density at radius 2 is 2.17 bits per heavy atom. The number of nitrogens with zero attached hydrogens (tertiary/aromatic N) is 3. The number of carbonyl (C=O) groups excluding carboxylic acids is 1. The Morgan fingerprint density at radius 1 is 1.46 bits per heavy atom. The molecule has 1 heterocycles. The van der Waals surface area contributed by atoms with E-state index in [1.165, 1.54) is 6.92 Å². The minimum absolute atomic E-state index is 0.0230. The second-order valence-corrected chi connectivity index (χ2v) is 6.03. The molecular formula is C17H24N4O3. The molecule has 0 bridgehead atoms. The van der Waals surface area contributed by atoms with E-state index in [1.807, 2.05) is 44.2 Å². The molecule has 0 spiro atoms. The van der Waals surface area contributed by atoms with Gasteiger partial charge in [0.25, 0.3) is 0 Å². The Balaban J connectivity index is 2.11. The quantitative estimate of drug-likeness (QED) is 0.472. The largest absolute Gasteiger partial charge is 0.348 e. The third kappa shape index (κ3) is 4.47. The van der Waals surface area contributed by atoms with Crippen LogP contribution in [0.5, 0.6) is 0 Å². The zero-order valence-corrected chi connectivity index (χ0v) is 14.3. The highest BCUT2D eigenvalue weighted by Gasteiger charge is 2.45. The number of carbonyl (C=O) groups is 1. The van der Waals surface area contributed by atoms with Gasteiger partial charge in [-0.1, -0.05) is 49.3 Å². The van der Waals surface area contributed by atoms with Crippen LogP contribution in [0.2, 0.25) is 0 Å². The molecule has 5 atom stereocenters. The maximum absolute atomic E-state index is 11.5. The molecule has 7 nitrogen and oxygen atoms in total. The van der Waals surface area contributed by atoms with Crippen LogP contribution in [-0.2, 0) is 20.9 Å². The molecule has 2 unspecified atom stereocenters. The first kappa shape index (κ1) is 18.3. The summed E-state index contributed by atoms with van der Waals surface area (Å²) in [5, 5.41) is 6.73. The summed E-state index contributed by atoms with van der Waals surface area (Å²) < 4.78 is 11.9. The van der Waals surface area contributed by atoms with Crippen LogP contribution >= 0.6 is 0 Å². The van der Waals surface area contributed by atoms with Crippen molar-refractivity contribution in [2.24, 2.45) is 11.0 Å². The second-order valence-electron chi connectivity index (χ2n) is 6.03. The fourth-order valence-corrected chi connectivity index (χ4v) is 3.03. The van der Waals surface area contributed by atoms with E-state index in [1.54, 1.807) is 0 Å². The maximum atomic E-state index is 11.5. The minimum Gasteiger partial charge on any atom is -0.348 e. The third-order valence-corrected chi connectivity index (χ3v) is 4.29. The lowest BCUT2D eigenvalue weighted by molar-refractivity contribution is -0.155. The van der Waals surface area contributed by atoms with Gasteiger partial charge in [0.15, 0.2) is 6.29 Å². The summed E-state index contributed by atoms with van der Waals surface area (Å²) in [5.74, 6) is -0.161. The van der Waals surface area contributed by atoms with E-state index < -0.39 is 6.29 Å². The van der Waals surface area contributed by atoms with Crippen molar-refractivity contribution < 1.29 is 14.3 Å². The summed E-state index contributed by atoms with van der Waals surface area (Å²) in [6, 6.07) is 9.21. The third-order valence-electron chi connectivity index (χ3n) is 4.29. The molecule has 1 aromatic carbocycles. The van der Waals surface area contributed by atoms with E-state index in [9.17, 15) is 4.79 Å². The molecule has 1 aliphatic rings. The Kier molecular flexibility index (Phi) is 6.61. The lowest BCUT2D eigenvalue weighted by atomic mass is 9.92. The zero-order chi connectivity index (χ0) is 17.5. The standard InChI is InChI=1S/C17H24N4O3/c1-4-14(20-21-18)16-11(2)15(19-12(3)22)17(24-16)23-10-13-8-6-5-7-9-13/h5-9,11,14-17H,4,10H2,1-3H3,(H,19,22)/t11?,14?,15-,16+,17+/m1/s1. The number of rotatable bonds is 7. The second kappa shape index (κ2) is 8.68. The molecule has 0 aliphatic carbocycles. The molecule has 130 valence electrons. The van der Waals surface area contributed by atoms with Gasteiger partial charge in [0.1, 0.15) is 0 Å². The van der Waals surface area contributed by atoms with Crippen LogP contribution in [-0.4, -0.2) is 30.4 Å². The van der Waals surface area contributed by atoms with Gasteiger partial charge < -0.3 is 14.8 Å². The number of hydrogen-bond donors (Lipinski definition) is 1. The van der Waals surface area contributed by atoms with E-state index in [2.05, 4.69) is 15.3 Å². The highest BCUT2D eigenvalue weighted by Crippen LogP contribution is 2.32. The lowest BCUT2D eigenvalue weighted by Gasteiger charge is -2.23. The first-order chi connectivity index (χ1) is 11.6. The van der Waals surface area contributed by atoms with Crippen molar-refractivity contribution in [2.45, 2.75) is 58.3 Å². The molecule has 0 radical (unpaired) electrons. The van der Waals surface area contributed by atoms with Crippen molar-refractivity contribution in [1.29, 1.82) is 0 Å². The topological polar surface area (TPSA) is 96.3 Å². The summed E-state index contributed by atoms with van der Waals surface area (Å²) in [5.41, 5.74) is 9.77. The number of nitrogens with one attached hydrogen (secondary N) is 1. The summed E-state index contributed by atoms with van der Waals surface area (Å²) in [4.78, 5) is 14.4. The summed E-state index contributed by atoms with van der Waals surface area (Å²) in [6.45, 7) is 5.78. The van der Waals surface area contributed by atoms with Crippen LogP contribution < -0.4 is 5.32 Å². The van der Waals surface area contributed by atoms with Crippen LogP contribution in [0.4, 0.5) is 0 Å². The average molecular weight is 332 g/mol. The minimum atomic E-state index is -0.572. The van der Waals surface area contributed by atoms with Gasteiger partial charge in [-0.2, -0.15) is 0 Å². The molecule has 1 N–H and O–H groups in total. The van der Waals surface area contributed by atoms with Crippen LogP contribution in [0.1, 0.15) is 32.8 Å². The fourth-order valence-electron chi connectivity index (χ4n) is 3.03. The summed E-state index contributed by atoms with van der Waals surface area (Å²) in [7, 11) is 0. The van der Waals surface area contributed by atoms with Crippen molar-refractivity contribution in [2.75, 3.05) is 0 Å². The maximum Gasteiger partial charge on any atom is 0.217 e. The SMILES string of the molecule is CCC(N=[N+]=[N-])[C@H]1O[C@H](OCc2ccccc2)[C@H](NC(C)=O)C1C. The fraction of sp³-hybridized carbons (Fsp3) is 0.588. The van der Waals surface area contributed by atoms with E-state index in [0.29, 0.717) is 13.0 Å². The number of hydrogen-bond acceptors (Lipinski definition) is 4. The van der Waals surface area contributed by atoms with Crippen LogP contribution in [0.3, 0.4) is 0 Å². The molecule has 0 saturated carbocycles. The molecular weight excluding hydrogens is 308 g/mol. The normalized spacial score (nSPS) is 27.3. The lowest BCUT2D eigenvalue weighted by Crippen LogP contribution is -2.44. The van der Waals surface area contributed by atoms with Crippen LogP contribution in [0, 0.1) is 5.92 Å². The van der Waals surface area contributed by atoms with Gasteiger partial charge in [0.05, 0.1) is 24.8 Å². The molecule has 24 heavy (non-hydrogen) atoms. The summed E-state index contributed by atoms with van der Waals surface area (Å²) >= 11 is 0. The highest BCUT2D eigenvalue weighted by atomic mass is 16.7. The first-order valence-corrected chi connectivity index (χ1v) is 8.19. The Bertz CT molecular complexity index is 589. The first-order valence-electron chi connectivity index (χ1n) is 8.19. The number of azide groups is 1. The number of amides is 1. The molecule has 1 aliphatic heterocycles. The highest BCUT2D eigenvalue weighted by molar-refractivity contribution is 5.73. The van der Waals surface area contributed by atoms with Gasteiger partial charge in [0.2, 0.25) is 5.91 Å². The molecule has 1 fully saturated rings. The smallest absolute Gasteiger partial charge is 0.217 e. The molecule has 2 rings (SSSR count). The van der Waals surface area contributed by atoms with E-state index in [4.69, 9.17) is 15.0 Å². The van der Waals surface area contributed by atoms with Crippen LogP contribution in [0.25, 0.3) is 10.4 Å². The number of ether oxygens (including phenoxy) is 2. The van der Waals surface area contributed by atoms with Gasteiger partial charge in [-0.15, -0.1) is 0 Å². The molecule has 1 amide bonds. The van der Waals surface area contributed by atoms with Crippen LogP contribution in [0.15, 0.2) is 35.4 Å². The van der Waals surface area contributed by atoms with Crippen molar-refractivity contribution in [3.8, 4) is 0 Å². The zero-order valence-electron chi connectivity index (χ0n) is 14.3. The van der Waals surface area contributed by atoms with Crippen molar-refractivity contribution in [1.82, 2.24) is 5.32 Å². The average Bonchev–Trinajstić information content (AvgIpc) is 2.87. The monoisotopic (exact) mass is 332 g/mol. The molecule has 1 aromatic rings. The Labute approximate surface area is 142 Å². The van der Waals surface area contributed by atoms with Gasteiger partial charge >= 0.3 is 0 Å². The van der Waals surface area contributed by atoms with Crippen molar-refractivity contribution in [3.63, 3.8) is 0 Å².